The second kappa shape index (κ2) is 5.48. The second-order valence-electron chi connectivity index (χ2n) is 4.15. The Morgan fingerprint density at radius 3 is 2.56 bits per heavy atom. The van der Waals surface area contributed by atoms with Crippen LogP contribution in [0, 0.1) is 12.7 Å². The number of halogens is 2. The summed E-state index contributed by atoms with van der Waals surface area (Å²) in [7, 11) is 0. The van der Waals surface area contributed by atoms with E-state index < -0.39 is 6.04 Å². The Balaban J connectivity index is 2.52. The number of aryl methyl sites for hydroxylation is 1. The summed E-state index contributed by atoms with van der Waals surface area (Å²) in [4.78, 5) is 0. The van der Waals surface area contributed by atoms with Gasteiger partial charge in [-0.25, -0.2) is 9.82 Å². The van der Waals surface area contributed by atoms with Crippen LogP contribution in [0.5, 0.6) is 0 Å². The summed E-state index contributed by atoms with van der Waals surface area (Å²) in [5, 5.41) is 0.361. The van der Waals surface area contributed by atoms with Crippen molar-refractivity contribution in [2.75, 3.05) is 0 Å². The van der Waals surface area contributed by atoms with E-state index in [1.807, 2.05) is 31.2 Å². The zero-order valence-corrected chi connectivity index (χ0v) is 10.7. The Bertz CT molecular complexity index is 537. The van der Waals surface area contributed by atoms with Crippen molar-refractivity contribution in [1.82, 2.24) is 5.43 Å². The van der Waals surface area contributed by atoms with Crippen LogP contribution < -0.4 is 11.3 Å². The first-order valence-corrected chi connectivity index (χ1v) is 5.98. The Morgan fingerprint density at radius 2 is 1.94 bits per heavy atom. The molecule has 2 nitrogen and oxygen atoms in total. The van der Waals surface area contributed by atoms with Gasteiger partial charge in [0.15, 0.2) is 0 Å². The zero-order chi connectivity index (χ0) is 13.1. The number of nitrogens with one attached hydrogen (secondary N) is 1. The zero-order valence-electron chi connectivity index (χ0n) is 9.95. The van der Waals surface area contributed by atoms with E-state index >= 15 is 0 Å². The minimum atomic E-state index is -0.460. The minimum Gasteiger partial charge on any atom is -0.271 e. The van der Waals surface area contributed by atoms with Crippen molar-refractivity contribution in [2.24, 2.45) is 5.84 Å². The summed E-state index contributed by atoms with van der Waals surface area (Å²) < 4.78 is 13.9. The van der Waals surface area contributed by atoms with Gasteiger partial charge in [0.25, 0.3) is 0 Å². The molecule has 18 heavy (non-hydrogen) atoms. The van der Waals surface area contributed by atoms with Gasteiger partial charge in [-0.1, -0.05) is 47.5 Å². The van der Waals surface area contributed by atoms with Gasteiger partial charge >= 0.3 is 0 Å². The largest absolute Gasteiger partial charge is 0.271 e. The molecule has 0 fully saturated rings. The number of rotatable bonds is 3. The van der Waals surface area contributed by atoms with Gasteiger partial charge in [-0.2, -0.15) is 0 Å². The van der Waals surface area contributed by atoms with Crippen LogP contribution in [-0.4, -0.2) is 0 Å². The molecule has 1 unspecified atom stereocenters. The Labute approximate surface area is 111 Å². The van der Waals surface area contributed by atoms with E-state index in [0.717, 1.165) is 11.1 Å². The molecule has 0 radical (unpaired) electrons. The van der Waals surface area contributed by atoms with Crippen molar-refractivity contribution in [3.05, 3.63) is 70.0 Å². The van der Waals surface area contributed by atoms with Gasteiger partial charge in [0.05, 0.1) is 6.04 Å². The molecule has 0 aliphatic rings. The van der Waals surface area contributed by atoms with E-state index in [0.29, 0.717) is 10.6 Å². The first-order chi connectivity index (χ1) is 8.63. The molecular weight excluding hydrogens is 251 g/mol. The van der Waals surface area contributed by atoms with Gasteiger partial charge in [0, 0.05) is 10.6 Å². The summed E-state index contributed by atoms with van der Waals surface area (Å²) in [6.07, 6.45) is 0. The molecule has 0 saturated heterocycles. The van der Waals surface area contributed by atoms with Crippen LogP contribution in [0.1, 0.15) is 22.7 Å². The third-order valence-electron chi connectivity index (χ3n) is 2.83. The molecule has 0 aromatic heterocycles. The smallest absolute Gasteiger partial charge is 0.129 e. The maximum Gasteiger partial charge on any atom is 0.129 e. The molecule has 2 rings (SSSR count). The lowest BCUT2D eigenvalue weighted by Crippen LogP contribution is -2.29. The number of hydrogen-bond donors (Lipinski definition) is 2. The lowest BCUT2D eigenvalue weighted by molar-refractivity contribution is 0.560. The van der Waals surface area contributed by atoms with Crippen LogP contribution in [-0.2, 0) is 0 Å². The molecule has 0 saturated carbocycles. The molecule has 2 aromatic rings. The van der Waals surface area contributed by atoms with Gasteiger partial charge in [-0.15, -0.1) is 0 Å². The van der Waals surface area contributed by atoms with Gasteiger partial charge in [0.2, 0.25) is 0 Å². The van der Waals surface area contributed by atoms with Crippen LogP contribution in [0.2, 0.25) is 5.02 Å². The molecule has 0 amide bonds. The molecule has 3 N–H and O–H groups in total. The molecule has 0 bridgehead atoms. The monoisotopic (exact) mass is 264 g/mol. The summed E-state index contributed by atoms with van der Waals surface area (Å²) >= 11 is 6.06. The molecule has 0 aliphatic carbocycles. The minimum absolute atomic E-state index is 0.361. The van der Waals surface area contributed by atoms with E-state index in [2.05, 4.69) is 5.43 Å². The predicted molar refractivity (Wildman–Crippen MR) is 71.8 cm³/mol. The van der Waals surface area contributed by atoms with Crippen molar-refractivity contribution < 1.29 is 4.39 Å². The first-order valence-electron chi connectivity index (χ1n) is 5.60. The molecule has 1 atom stereocenters. The molecule has 4 heteroatoms. The highest BCUT2D eigenvalue weighted by atomic mass is 35.5. The lowest BCUT2D eigenvalue weighted by Gasteiger charge is -2.19. The summed E-state index contributed by atoms with van der Waals surface area (Å²) in [6, 6.07) is 11.9. The quantitative estimate of drug-likeness (QED) is 0.659. The fraction of sp³-hybridized carbons (Fsp3) is 0.143. The molecule has 2 aromatic carbocycles. The average molecular weight is 265 g/mol. The van der Waals surface area contributed by atoms with Gasteiger partial charge in [-0.05, 0) is 24.6 Å². The van der Waals surface area contributed by atoms with Crippen molar-refractivity contribution in [3.63, 3.8) is 0 Å². The number of hydrogen-bond acceptors (Lipinski definition) is 2. The van der Waals surface area contributed by atoms with E-state index in [4.69, 9.17) is 17.4 Å². The summed E-state index contributed by atoms with van der Waals surface area (Å²) in [6.45, 7) is 1.97. The van der Waals surface area contributed by atoms with Crippen LogP contribution in [0.3, 0.4) is 0 Å². The predicted octanol–water partition coefficient (Wildman–Crippen LogP) is 3.34. The highest BCUT2D eigenvalue weighted by Crippen LogP contribution is 2.30. The first kappa shape index (κ1) is 13.0. The van der Waals surface area contributed by atoms with Crippen LogP contribution >= 0.6 is 11.6 Å². The Hall–Kier alpha value is -1.42. The molecular formula is C14H14ClFN2. The third-order valence-corrected chi connectivity index (χ3v) is 3.16. The van der Waals surface area contributed by atoms with Gasteiger partial charge < -0.3 is 0 Å². The molecule has 0 aliphatic heterocycles. The molecule has 94 valence electrons. The second-order valence-corrected chi connectivity index (χ2v) is 4.56. The van der Waals surface area contributed by atoms with Crippen LogP contribution in [0.15, 0.2) is 42.5 Å². The van der Waals surface area contributed by atoms with E-state index in [9.17, 15) is 4.39 Å². The van der Waals surface area contributed by atoms with Crippen LogP contribution in [0.4, 0.5) is 4.39 Å². The topological polar surface area (TPSA) is 38.0 Å². The highest BCUT2D eigenvalue weighted by molar-refractivity contribution is 6.31. The number of hydrazine groups is 1. The fourth-order valence-corrected chi connectivity index (χ4v) is 2.25. The average Bonchev–Trinajstić information content (AvgIpc) is 2.34. The van der Waals surface area contributed by atoms with Crippen molar-refractivity contribution in [2.45, 2.75) is 13.0 Å². The standard InChI is InChI=1S/C14H14ClFN2/c1-9-4-2-5-10(8-9)14(18-17)13-11(15)6-3-7-12(13)16/h2-8,14,18H,17H2,1H3. The SMILES string of the molecule is Cc1cccc(C(NN)c2c(F)cccc2Cl)c1. The van der Waals surface area contributed by atoms with Gasteiger partial charge in [-0.3, -0.25) is 5.84 Å². The van der Waals surface area contributed by atoms with Gasteiger partial charge in [0.1, 0.15) is 5.82 Å². The summed E-state index contributed by atoms with van der Waals surface area (Å²) in [5.74, 6) is 5.18. The number of benzene rings is 2. The van der Waals surface area contributed by atoms with Crippen molar-refractivity contribution >= 4 is 11.6 Å². The third kappa shape index (κ3) is 2.53. The maximum absolute atomic E-state index is 13.9. The highest BCUT2D eigenvalue weighted by Gasteiger charge is 2.19. The fourth-order valence-electron chi connectivity index (χ4n) is 1.98. The Morgan fingerprint density at radius 1 is 1.22 bits per heavy atom. The number of nitrogens with two attached hydrogens (primary N) is 1. The van der Waals surface area contributed by atoms with E-state index in [1.165, 1.54) is 6.07 Å². The lowest BCUT2D eigenvalue weighted by atomic mass is 9.97. The maximum atomic E-state index is 13.9. The molecule has 0 spiro atoms. The van der Waals surface area contributed by atoms with E-state index in [1.54, 1.807) is 12.1 Å². The van der Waals surface area contributed by atoms with Crippen molar-refractivity contribution in [3.8, 4) is 0 Å². The van der Waals surface area contributed by atoms with Crippen LogP contribution in [0.25, 0.3) is 0 Å². The van der Waals surface area contributed by atoms with Crippen molar-refractivity contribution in [1.29, 1.82) is 0 Å². The summed E-state index contributed by atoms with van der Waals surface area (Å²) in [5.41, 5.74) is 4.95. The normalized spacial score (nSPS) is 12.4. The Kier molecular flexibility index (Phi) is 3.97. The molecule has 0 heterocycles. The van der Waals surface area contributed by atoms with E-state index in [-0.39, 0.29) is 5.82 Å².